The molecule has 1 saturated heterocycles. The number of hydrogen-bond donors (Lipinski definition) is 1. The van der Waals surface area contributed by atoms with E-state index >= 15 is 0 Å². The smallest absolute Gasteiger partial charge is 0.272 e. The molecule has 5 nitrogen and oxygen atoms in total. The summed E-state index contributed by atoms with van der Waals surface area (Å²) < 4.78 is 26.8. The van der Waals surface area contributed by atoms with E-state index < -0.39 is 17.3 Å². The first kappa shape index (κ1) is 17.3. The highest BCUT2D eigenvalue weighted by Crippen LogP contribution is 2.29. The molecule has 4 rings (SSSR count). The van der Waals surface area contributed by atoms with Crippen LogP contribution in [0.2, 0.25) is 0 Å². The molecule has 7 heteroatoms. The van der Waals surface area contributed by atoms with Crippen LogP contribution in [0.25, 0.3) is 0 Å². The molecule has 1 fully saturated rings. The van der Waals surface area contributed by atoms with E-state index in [0.717, 1.165) is 0 Å². The Morgan fingerprint density at radius 3 is 2.37 bits per heavy atom. The zero-order valence-electron chi connectivity index (χ0n) is 14.4. The van der Waals surface area contributed by atoms with E-state index in [-0.39, 0.29) is 17.5 Å². The lowest BCUT2D eigenvalue weighted by Crippen LogP contribution is -2.52. The van der Waals surface area contributed by atoms with Crippen LogP contribution in [0.5, 0.6) is 0 Å². The molecule has 1 spiro atoms. The predicted molar refractivity (Wildman–Crippen MR) is 95.3 cm³/mol. The van der Waals surface area contributed by atoms with Crippen LogP contribution in [0.4, 0.5) is 8.78 Å². The largest absolute Gasteiger partial charge is 0.338 e. The first-order valence-corrected chi connectivity index (χ1v) is 8.69. The molecule has 0 radical (unpaired) electrons. The van der Waals surface area contributed by atoms with Crippen molar-refractivity contribution in [3.8, 4) is 0 Å². The molecule has 1 N–H and O–H groups in total. The van der Waals surface area contributed by atoms with Gasteiger partial charge in [0.05, 0.1) is 0 Å². The minimum atomic E-state index is -0.780. The van der Waals surface area contributed by atoms with Gasteiger partial charge in [-0.25, -0.2) is 8.78 Å². The fraction of sp³-hybridized carbons (Fsp3) is 0.250. The number of halogens is 2. The number of carbonyl (C=O) groups excluding carboxylic acids is 2. The van der Waals surface area contributed by atoms with Gasteiger partial charge in [0.25, 0.3) is 11.8 Å². The predicted octanol–water partition coefficient (Wildman–Crippen LogP) is 2.52. The Labute approximate surface area is 154 Å². The summed E-state index contributed by atoms with van der Waals surface area (Å²) >= 11 is 0. The summed E-state index contributed by atoms with van der Waals surface area (Å²) in [5, 5.41) is 2.88. The summed E-state index contributed by atoms with van der Waals surface area (Å²) in [6.45, 7) is 0.769. The second kappa shape index (κ2) is 6.57. The number of carbonyl (C=O) groups is 2. The first-order chi connectivity index (χ1) is 13.0. The van der Waals surface area contributed by atoms with Gasteiger partial charge < -0.3 is 10.2 Å². The highest BCUT2D eigenvalue weighted by molar-refractivity contribution is 6.46. The zero-order valence-corrected chi connectivity index (χ0v) is 14.4. The number of nitrogens with zero attached hydrogens (tertiary/aromatic N) is 2. The number of amides is 2. The van der Waals surface area contributed by atoms with Crippen molar-refractivity contribution in [2.75, 3.05) is 13.1 Å². The van der Waals surface area contributed by atoms with Crippen molar-refractivity contribution in [2.24, 2.45) is 4.99 Å². The molecule has 0 bridgehead atoms. The maximum absolute atomic E-state index is 13.5. The van der Waals surface area contributed by atoms with Crippen molar-refractivity contribution in [1.29, 1.82) is 0 Å². The maximum atomic E-state index is 13.5. The Balaban J connectivity index is 1.50. The van der Waals surface area contributed by atoms with Crippen LogP contribution in [-0.4, -0.2) is 41.2 Å². The lowest BCUT2D eigenvalue weighted by molar-refractivity contribution is -0.115. The van der Waals surface area contributed by atoms with Crippen LogP contribution >= 0.6 is 0 Å². The third kappa shape index (κ3) is 3.32. The fourth-order valence-corrected chi connectivity index (χ4v) is 3.52. The van der Waals surface area contributed by atoms with Gasteiger partial charge in [-0.1, -0.05) is 18.2 Å². The molecule has 0 unspecified atom stereocenters. The van der Waals surface area contributed by atoms with E-state index in [1.54, 1.807) is 17.0 Å². The van der Waals surface area contributed by atoms with Gasteiger partial charge in [0.1, 0.15) is 23.0 Å². The second-order valence-corrected chi connectivity index (χ2v) is 6.76. The van der Waals surface area contributed by atoms with E-state index in [0.29, 0.717) is 37.1 Å². The zero-order chi connectivity index (χ0) is 19.0. The molecule has 2 aliphatic heterocycles. The SMILES string of the molecule is O=C1NC2(CCN(C(=O)c3cccc(F)c3)CC2)N=C1c1cccc(F)c1. The van der Waals surface area contributed by atoms with Gasteiger partial charge in [-0.3, -0.25) is 14.6 Å². The lowest BCUT2D eigenvalue weighted by atomic mass is 9.97. The van der Waals surface area contributed by atoms with Crippen LogP contribution in [-0.2, 0) is 4.79 Å². The number of benzene rings is 2. The quantitative estimate of drug-likeness (QED) is 0.884. The van der Waals surface area contributed by atoms with Crippen molar-refractivity contribution in [3.63, 3.8) is 0 Å². The average Bonchev–Trinajstić information content (AvgIpc) is 2.98. The molecule has 2 aromatic carbocycles. The van der Waals surface area contributed by atoms with Crippen molar-refractivity contribution in [2.45, 2.75) is 18.5 Å². The summed E-state index contributed by atoms with van der Waals surface area (Å²) in [5.74, 6) is -1.48. The van der Waals surface area contributed by atoms with E-state index in [9.17, 15) is 18.4 Å². The molecule has 2 aliphatic rings. The normalized spacial score (nSPS) is 18.4. The molecule has 2 heterocycles. The van der Waals surface area contributed by atoms with Crippen molar-refractivity contribution >= 4 is 17.5 Å². The Hall–Kier alpha value is -3.09. The molecule has 0 atom stereocenters. The fourth-order valence-electron chi connectivity index (χ4n) is 3.52. The number of likely N-dealkylation sites (tertiary alicyclic amines) is 1. The van der Waals surface area contributed by atoms with Crippen LogP contribution in [0, 0.1) is 11.6 Å². The molecule has 138 valence electrons. The monoisotopic (exact) mass is 369 g/mol. The molecular weight excluding hydrogens is 352 g/mol. The number of piperidine rings is 1. The Kier molecular flexibility index (Phi) is 4.22. The highest BCUT2D eigenvalue weighted by Gasteiger charge is 2.43. The molecular formula is C20H17F2N3O2. The van der Waals surface area contributed by atoms with Gasteiger partial charge in [0.2, 0.25) is 0 Å². The lowest BCUT2D eigenvalue weighted by Gasteiger charge is -2.37. The average molecular weight is 369 g/mol. The standard InChI is InChI=1S/C20H17F2N3O2/c21-15-5-1-3-13(11-15)17-18(26)24-20(23-17)7-9-25(10-8-20)19(27)14-4-2-6-16(22)12-14/h1-6,11-12H,7-10H2,(H,24,26). The van der Waals surface area contributed by atoms with E-state index in [4.69, 9.17) is 0 Å². The maximum Gasteiger partial charge on any atom is 0.272 e. The third-order valence-electron chi connectivity index (χ3n) is 4.93. The van der Waals surface area contributed by atoms with E-state index in [1.165, 1.54) is 36.4 Å². The van der Waals surface area contributed by atoms with Gasteiger partial charge in [-0.15, -0.1) is 0 Å². The number of hydrogen-bond acceptors (Lipinski definition) is 3. The molecule has 2 amide bonds. The van der Waals surface area contributed by atoms with E-state index in [2.05, 4.69) is 10.3 Å². The van der Waals surface area contributed by atoms with Gasteiger partial charge in [0.15, 0.2) is 0 Å². The van der Waals surface area contributed by atoms with Crippen LogP contribution < -0.4 is 5.32 Å². The minimum Gasteiger partial charge on any atom is -0.338 e. The summed E-state index contributed by atoms with van der Waals surface area (Å²) in [6, 6.07) is 11.3. The van der Waals surface area contributed by atoms with Crippen LogP contribution in [0.15, 0.2) is 53.5 Å². The Morgan fingerprint density at radius 1 is 1.04 bits per heavy atom. The number of aliphatic imine (C=N–C) groups is 1. The number of nitrogens with one attached hydrogen (secondary N) is 1. The van der Waals surface area contributed by atoms with E-state index in [1.807, 2.05) is 0 Å². The topological polar surface area (TPSA) is 61.8 Å². The van der Waals surface area contributed by atoms with Crippen molar-refractivity contribution in [3.05, 3.63) is 71.3 Å². The van der Waals surface area contributed by atoms with Crippen molar-refractivity contribution < 1.29 is 18.4 Å². The second-order valence-electron chi connectivity index (χ2n) is 6.76. The Morgan fingerprint density at radius 2 is 1.70 bits per heavy atom. The van der Waals surface area contributed by atoms with Gasteiger partial charge >= 0.3 is 0 Å². The number of rotatable bonds is 2. The van der Waals surface area contributed by atoms with Crippen molar-refractivity contribution in [1.82, 2.24) is 10.2 Å². The van der Waals surface area contributed by atoms with Gasteiger partial charge in [-0.2, -0.15) is 0 Å². The van der Waals surface area contributed by atoms with Gasteiger partial charge in [0, 0.05) is 37.1 Å². The van der Waals surface area contributed by atoms with Crippen LogP contribution in [0.1, 0.15) is 28.8 Å². The molecule has 0 aliphatic carbocycles. The summed E-state index contributed by atoms with van der Waals surface area (Å²) in [4.78, 5) is 31.1. The summed E-state index contributed by atoms with van der Waals surface area (Å²) in [7, 11) is 0. The first-order valence-electron chi connectivity index (χ1n) is 8.69. The molecule has 0 saturated carbocycles. The third-order valence-corrected chi connectivity index (χ3v) is 4.93. The highest BCUT2D eigenvalue weighted by atomic mass is 19.1. The Bertz CT molecular complexity index is 950. The minimum absolute atomic E-state index is 0.208. The molecule has 2 aromatic rings. The molecule has 27 heavy (non-hydrogen) atoms. The summed E-state index contributed by atoms with van der Waals surface area (Å²) in [5.41, 5.74) is 0.157. The molecule has 0 aromatic heterocycles. The summed E-state index contributed by atoms with van der Waals surface area (Å²) in [6.07, 6.45) is 0.886. The van der Waals surface area contributed by atoms with Crippen LogP contribution in [0.3, 0.4) is 0 Å². The van der Waals surface area contributed by atoms with Gasteiger partial charge in [-0.05, 0) is 30.3 Å².